The van der Waals surface area contributed by atoms with Crippen LogP contribution in [0.4, 0.5) is 5.13 Å². The van der Waals surface area contributed by atoms with Gasteiger partial charge in [0.1, 0.15) is 0 Å². The summed E-state index contributed by atoms with van der Waals surface area (Å²) < 4.78 is 0. The van der Waals surface area contributed by atoms with Crippen LogP contribution in [0.15, 0.2) is 11.6 Å². The topological polar surface area (TPSA) is 28.2 Å². The first kappa shape index (κ1) is 9.93. The first-order valence-corrected chi connectivity index (χ1v) is 6.16. The molecule has 14 heavy (non-hydrogen) atoms. The van der Waals surface area contributed by atoms with E-state index < -0.39 is 0 Å². The molecular weight excluding hydrogens is 194 g/mol. The second kappa shape index (κ2) is 4.75. The molecule has 2 heterocycles. The fraction of sp³-hybridized carbons (Fsp3) is 0.700. The van der Waals surface area contributed by atoms with Crippen LogP contribution in [-0.4, -0.2) is 30.7 Å². The van der Waals surface area contributed by atoms with E-state index in [0.29, 0.717) is 0 Å². The molecule has 0 spiro atoms. The monoisotopic (exact) mass is 211 g/mol. The van der Waals surface area contributed by atoms with Gasteiger partial charge in [0, 0.05) is 30.7 Å². The highest BCUT2D eigenvalue weighted by molar-refractivity contribution is 7.13. The average molecular weight is 211 g/mol. The van der Waals surface area contributed by atoms with Crippen LogP contribution < -0.4 is 10.2 Å². The van der Waals surface area contributed by atoms with Crippen LogP contribution in [0.1, 0.15) is 19.8 Å². The summed E-state index contributed by atoms with van der Waals surface area (Å²) >= 11 is 1.74. The Labute approximate surface area is 89.1 Å². The van der Waals surface area contributed by atoms with Crippen molar-refractivity contribution in [2.24, 2.45) is 0 Å². The van der Waals surface area contributed by atoms with Crippen LogP contribution in [0.5, 0.6) is 0 Å². The van der Waals surface area contributed by atoms with Crippen molar-refractivity contribution in [3.05, 3.63) is 11.6 Å². The summed E-state index contributed by atoms with van der Waals surface area (Å²) in [6.07, 6.45) is 4.37. The van der Waals surface area contributed by atoms with Crippen LogP contribution in [0.25, 0.3) is 0 Å². The summed E-state index contributed by atoms with van der Waals surface area (Å²) in [4.78, 5) is 6.72. The Balaban J connectivity index is 1.84. The van der Waals surface area contributed by atoms with Gasteiger partial charge in [0.15, 0.2) is 5.13 Å². The molecule has 4 heteroatoms. The van der Waals surface area contributed by atoms with E-state index in [9.17, 15) is 0 Å². The van der Waals surface area contributed by atoms with Gasteiger partial charge in [0.2, 0.25) is 0 Å². The highest BCUT2D eigenvalue weighted by atomic mass is 32.1. The standard InChI is InChI=1S/C10H17N3S/c1-2-11-9-3-6-13(7-4-9)10-12-5-8-14-10/h5,8-9,11H,2-4,6-7H2,1H3. The number of hydrogen-bond acceptors (Lipinski definition) is 4. The highest BCUT2D eigenvalue weighted by Gasteiger charge is 2.19. The van der Waals surface area contributed by atoms with Crippen LogP contribution in [-0.2, 0) is 0 Å². The number of hydrogen-bond donors (Lipinski definition) is 1. The van der Waals surface area contributed by atoms with E-state index in [1.165, 1.54) is 18.0 Å². The molecule has 0 aliphatic carbocycles. The third-order valence-electron chi connectivity index (χ3n) is 2.68. The van der Waals surface area contributed by atoms with Gasteiger partial charge in [-0.15, -0.1) is 11.3 Å². The summed E-state index contributed by atoms with van der Waals surface area (Å²) in [5.74, 6) is 0. The minimum atomic E-state index is 0.719. The number of thiazole rings is 1. The Morgan fingerprint density at radius 3 is 2.93 bits per heavy atom. The second-order valence-electron chi connectivity index (χ2n) is 3.63. The number of nitrogens with one attached hydrogen (secondary N) is 1. The van der Waals surface area contributed by atoms with Gasteiger partial charge >= 0.3 is 0 Å². The van der Waals surface area contributed by atoms with Crippen molar-refractivity contribution in [3.63, 3.8) is 0 Å². The molecule has 1 aliphatic heterocycles. The van der Waals surface area contributed by atoms with Gasteiger partial charge < -0.3 is 10.2 Å². The Bertz CT molecular complexity index is 252. The summed E-state index contributed by atoms with van der Waals surface area (Å²) in [5.41, 5.74) is 0. The Hall–Kier alpha value is -0.610. The molecule has 0 bridgehead atoms. The van der Waals surface area contributed by atoms with Crippen molar-refractivity contribution in [2.75, 3.05) is 24.5 Å². The SMILES string of the molecule is CCNC1CCN(c2nccs2)CC1. The first-order chi connectivity index (χ1) is 6.90. The van der Waals surface area contributed by atoms with E-state index in [4.69, 9.17) is 0 Å². The zero-order valence-electron chi connectivity index (χ0n) is 8.57. The molecule has 0 atom stereocenters. The lowest BCUT2D eigenvalue weighted by Crippen LogP contribution is -2.42. The van der Waals surface area contributed by atoms with Crippen LogP contribution >= 0.6 is 11.3 Å². The maximum absolute atomic E-state index is 4.33. The molecule has 0 unspecified atom stereocenters. The smallest absolute Gasteiger partial charge is 0.185 e. The van der Waals surface area contributed by atoms with Gasteiger partial charge in [0.05, 0.1) is 0 Å². The molecule has 1 aromatic rings. The molecule has 1 saturated heterocycles. The largest absolute Gasteiger partial charge is 0.348 e. The summed E-state index contributed by atoms with van der Waals surface area (Å²) in [6, 6.07) is 0.719. The van der Waals surface area contributed by atoms with Gasteiger partial charge in [-0.25, -0.2) is 4.98 Å². The molecule has 1 aromatic heterocycles. The van der Waals surface area contributed by atoms with Crippen molar-refractivity contribution >= 4 is 16.5 Å². The fourth-order valence-corrected chi connectivity index (χ4v) is 2.63. The third-order valence-corrected chi connectivity index (χ3v) is 3.51. The van der Waals surface area contributed by atoms with Gasteiger partial charge in [-0.3, -0.25) is 0 Å². The second-order valence-corrected chi connectivity index (χ2v) is 4.51. The molecule has 1 aliphatic rings. The normalized spacial score (nSPS) is 18.8. The number of piperidine rings is 1. The Kier molecular flexibility index (Phi) is 3.37. The molecular formula is C10H17N3S. The average Bonchev–Trinajstić information content (AvgIpc) is 2.72. The maximum atomic E-state index is 4.33. The van der Waals surface area contributed by atoms with Crippen molar-refractivity contribution in [2.45, 2.75) is 25.8 Å². The van der Waals surface area contributed by atoms with Crippen molar-refractivity contribution < 1.29 is 0 Å². The first-order valence-electron chi connectivity index (χ1n) is 5.28. The Morgan fingerprint density at radius 2 is 2.36 bits per heavy atom. The third kappa shape index (κ3) is 2.25. The van der Waals surface area contributed by atoms with Crippen LogP contribution in [0.3, 0.4) is 0 Å². The maximum Gasteiger partial charge on any atom is 0.185 e. The number of rotatable bonds is 3. The fourth-order valence-electron chi connectivity index (χ4n) is 1.94. The Morgan fingerprint density at radius 1 is 1.57 bits per heavy atom. The molecule has 3 nitrogen and oxygen atoms in total. The molecule has 0 saturated carbocycles. The van der Waals surface area contributed by atoms with Crippen molar-refractivity contribution in [1.82, 2.24) is 10.3 Å². The molecule has 2 rings (SSSR count). The summed E-state index contributed by atoms with van der Waals surface area (Å²) in [5, 5.41) is 6.73. The number of nitrogens with zero attached hydrogens (tertiary/aromatic N) is 2. The van der Waals surface area contributed by atoms with Gasteiger partial charge in [0.25, 0.3) is 0 Å². The molecule has 1 fully saturated rings. The lowest BCUT2D eigenvalue weighted by atomic mass is 10.1. The summed E-state index contributed by atoms with van der Waals surface area (Å²) in [6.45, 7) is 5.55. The van der Waals surface area contributed by atoms with Crippen LogP contribution in [0, 0.1) is 0 Å². The lowest BCUT2D eigenvalue weighted by Gasteiger charge is -2.32. The van der Waals surface area contributed by atoms with Crippen molar-refractivity contribution in [1.29, 1.82) is 0 Å². The molecule has 0 aromatic carbocycles. The lowest BCUT2D eigenvalue weighted by molar-refractivity contribution is 0.423. The van der Waals surface area contributed by atoms with E-state index in [2.05, 4.69) is 22.1 Å². The van der Waals surface area contributed by atoms with Crippen LogP contribution in [0.2, 0.25) is 0 Å². The minimum Gasteiger partial charge on any atom is -0.348 e. The zero-order valence-corrected chi connectivity index (χ0v) is 9.39. The predicted molar refractivity (Wildman–Crippen MR) is 61.0 cm³/mol. The van der Waals surface area contributed by atoms with Gasteiger partial charge in [-0.05, 0) is 19.4 Å². The molecule has 0 amide bonds. The van der Waals surface area contributed by atoms with E-state index in [1.54, 1.807) is 11.3 Å². The zero-order chi connectivity index (χ0) is 9.80. The molecule has 78 valence electrons. The minimum absolute atomic E-state index is 0.719. The van der Waals surface area contributed by atoms with E-state index in [-0.39, 0.29) is 0 Å². The molecule has 1 N–H and O–H groups in total. The molecule has 0 radical (unpaired) electrons. The van der Waals surface area contributed by atoms with Crippen molar-refractivity contribution in [3.8, 4) is 0 Å². The summed E-state index contributed by atoms with van der Waals surface area (Å²) in [7, 11) is 0. The van der Waals surface area contributed by atoms with E-state index >= 15 is 0 Å². The quantitative estimate of drug-likeness (QED) is 0.825. The predicted octanol–water partition coefficient (Wildman–Crippen LogP) is 1.72. The van der Waals surface area contributed by atoms with E-state index in [0.717, 1.165) is 25.7 Å². The van der Waals surface area contributed by atoms with Gasteiger partial charge in [-0.1, -0.05) is 6.92 Å². The number of anilines is 1. The van der Waals surface area contributed by atoms with Gasteiger partial charge in [-0.2, -0.15) is 0 Å². The van der Waals surface area contributed by atoms with E-state index in [1.807, 2.05) is 11.6 Å². The number of aromatic nitrogens is 1. The highest BCUT2D eigenvalue weighted by Crippen LogP contribution is 2.21.